The monoisotopic (exact) mass is 260 g/mol. The SMILES string of the molecule is Cc1nc(Cc2ccccc2F)ncc1C(=O)NN. The zero-order valence-corrected chi connectivity index (χ0v) is 10.4. The number of carbonyl (C=O) groups excluding carboxylic acids is 1. The predicted octanol–water partition coefficient (Wildman–Crippen LogP) is 1.12. The Bertz CT molecular complexity index is 615. The number of amides is 1. The van der Waals surface area contributed by atoms with E-state index in [4.69, 9.17) is 5.84 Å². The second kappa shape index (κ2) is 5.53. The maximum absolute atomic E-state index is 13.5. The minimum absolute atomic E-state index is 0.276. The van der Waals surface area contributed by atoms with E-state index >= 15 is 0 Å². The molecule has 98 valence electrons. The predicted molar refractivity (Wildman–Crippen MR) is 67.6 cm³/mol. The van der Waals surface area contributed by atoms with Crippen molar-refractivity contribution in [2.24, 2.45) is 5.84 Å². The summed E-state index contributed by atoms with van der Waals surface area (Å²) in [5.41, 5.74) is 3.34. The Hall–Kier alpha value is -2.34. The van der Waals surface area contributed by atoms with Crippen LogP contribution in [0.1, 0.15) is 27.4 Å². The summed E-state index contributed by atoms with van der Waals surface area (Å²) in [6.07, 6.45) is 1.67. The number of hydrogen-bond acceptors (Lipinski definition) is 4. The Kier molecular flexibility index (Phi) is 3.82. The molecule has 0 aliphatic rings. The van der Waals surface area contributed by atoms with Crippen molar-refractivity contribution in [1.82, 2.24) is 15.4 Å². The lowest BCUT2D eigenvalue weighted by Crippen LogP contribution is -2.31. The van der Waals surface area contributed by atoms with Crippen LogP contribution in [-0.2, 0) is 6.42 Å². The van der Waals surface area contributed by atoms with Crippen LogP contribution in [-0.4, -0.2) is 15.9 Å². The third-order valence-electron chi connectivity index (χ3n) is 2.71. The molecule has 0 atom stereocenters. The van der Waals surface area contributed by atoms with Crippen LogP contribution in [0.4, 0.5) is 4.39 Å². The molecule has 19 heavy (non-hydrogen) atoms. The van der Waals surface area contributed by atoms with Crippen molar-refractivity contribution in [2.45, 2.75) is 13.3 Å². The fraction of sp³-hybridized carbons (Fsp3) is 0.154. The Morgan fingerprint density at radius 1 is 1.42 bits per heavy atom. The van der Waals surface area contributed by atoms with Gasteiger partial charge < -0.3 is 0 Å². The van der Waals surface area contributed by atoms with Crippen molar-refractivity contribution in [3.63, 3.8) is 0 Å². The van der Waals surface area contributed by atoms with Crippen LogP contribution in [0.2, 0.25) is 0 Å². The highest BCUT2D eigenvalue weighted by atomic mass is 19.1. The molecule has 0 radical (unpaired) electrons. The lowest BCUT2D eigenvalue weighted by Gasteiger charge is -2.06. The van der Waals surface area contributed by atoms with Crippen LogP contribution in [0.15, 0.2) is 30.5 Å². The minimum Gasteiger partial charge on any atom is -0.290 e. The molecule has 0 fully saturated rings. The molecule has 0 bridgehead atoms. The first-order valence-corrected chi connectivity index (χ1v) is 5.68. The molecule has 2 aromatic rings. The number of nitrogen functional groups attached to an aromatic ring is 1. The first-order valence-electron chi connectivity index (χ1n) is 5.68. The summed E-state index contributed by atoms with van der Waals surface area (Å²) in [4.78, 5) is 19.6. The fourth-order valence-corrected chi connectivity index (χ4v) is 1.71. The van der Waals surface area contributed by atoms with E-state index in [1.54, 1.807) is 25.1 Å². The van der Waals surface area contributed by atoms with Crippen LogP contribution < -0.4 is 11.3 Å². The summed E-state index contributed by atoms with van der Waals surface area (Å²) >= 11 is 0. The molecule has 0 saturated heterocycles. The van der Waals surface area contributed by atoms with E-state index in [-0.39, 0.29) is 12.2 Å². The van der Waals surface area contributed by atoms with E-state index in [0.29, 0.717) is 22.6 Å². The third-order valence-corrected chi connectivity index (χ3v) is 2.71. The molecule has 0 aliphatic heterocycles. The van der Waals surface area contributed by atoms with Crippen molar-refractivity contribution in [1.29, 1.82) is 0 Å². The van der Waals surface area contributed by atoms with Crippen LogP contribution >= 0.6 is 0 Å². The van der Waals surface area contributed by atoms with Gasteiger partial charge in [-0.05, 0) is 18.6 Å². The summed E-state index contributed by atoms with van der Waals surface area (Å²) in [6, 6.07) is 6.44. The number of hydrazine groups is 1. The van der Waals surface area contributed by atoms with Gasteiger partial charge in [0.05, 0.1) is 11.3 Å². The van der Waals surface area contributed by atoms with Gasteiger partial charge in [-0.1, -0.05) is 18.2 Å². The first kappa shape index (κ1) is 13.1. The van der Waals surface area contributed by atoms with Crippen LogP contribution in [0.5, 0.6) is 0 Å². The highest BCUT2D eigenvalue weighted by Crippen LogP contribution is 2.11. The van der Waals surface area contributed by atoms with E-state index in [2.05, 4.69) is 9.97 Å². The van der Waals surface area contributed by atoms with Crippen molar-refractivity contribution >= 4 is 5.91 Å². The summed E-state index contributed by atoms with van der Waals surface area (Å²) in [5.74, 6) is 4.76. The van der Waals surface area contributed by atoms with Crippen molar-refractivity contribution in [2.75, 3.05) is 0 Å². The smallest absolute Gasteiger partial charge is 0.268 e. The summed E-state index contributed by atoms with van der Waals surface area (Å²) in [7, 11) is 0. The van der Waals surface area contributed by atoms with Crippen molar-refractivity contribution in [3.05, 3.63) is 58.9 Å². The molecule has 1 amide bonds. The summed E-state index contributed by atoms with van der Waals surface area (Å²) < 4.78 is 13.5. The van der Waals surface area contributed by atoms with Gasteiger partial charge >= 0.3 is 0 Å². The van der Waals surface area contributed by atoms with Crippen LogP contribution in [0.25, 0.3) is 0 Å². The first-order chi connectivity index (χ1) is 9.11. The Balaban J connectivity index is 2.26. The van der Waals surface area contributed by atoms with E-state index in [1.165, 1.54) is 12.3 Å². The summed E-state index contributed by atoms with van der Waals surface area (Å²) in [5, 5.41) is 0. The quantitative estimate of drug-likeness (QED) is 0.492. The summed E-state index contributed by atoms with van der Waals surface area (Å²) in [6.45, 7) is 1.68. The van der Waals surface area contributed by atoms with Crippen LogP contribution in [0, 0.1) is 12.7 Å². The van der Waals surface area contributed by atoms with E-state index < -0.39 is 5.91 Å². The number of aryl methyl sites for hydroxylation is 1. The largest absolute Gasteiger partial charge is 0.290 e. The van der Waals surface area contributed by atoms with E-state index in [0.717, 1.165) is 0 Å². The highest BCUT2D eigenvalue weighted by molar-refractivity contribution is 5.94. The third kappa shape index (κ3) is 2.92. The molecule has 0 aliphatic carbocycles. The fourth-order valence-electron chi connectivity index (χ4n) is 1.71. The lowest BCUT2D eigenvalue weighted by atomic mass is 10.1. The molecule has 3 N–H and O–H groups in total. The Labute approximate surface area is 109 Å². The van der Waals surface area contributed by atoms with Crippen LogP contribution in [0.3, 0.4) is 0 Å². The van der Waals surface area contributed by atoms with Gasteiger partial charge in [0.25, 0.3) is 5.91 Å². The maximum atomic E-state index is 13.5. The van der Waals surface area contributed by atoms with E-state index in [1.807, 2.05) is 5.43 Å². The molecule has 1 aromatic carbocycles. The topological polar surface area (TPSA) is 80.9 Å². The molecule has 1 heterocycles. The number of halogens is 1. The standard InChI is InChI=1S/C13H13FN4O/c1-8-10(13(19)18-15)7-16-12(17-8)6-9-4-2-3-5-11(9)14/h2-5,7H,6,15H2,1H3,(H,18,19). The molecular weight excluding hydrogens is 247 g/mol. The number of nitrogens with one attached hydrogen (secondary N) is 1. The van der Waals surface area contributed by atoms with Gasteiger partial charge in [0.15, 0.2) is 0 Å². The van der Waals surface area contributed by atoms with Gasteiger partial charge in [0.1, 0.15) is 11.6 Å². The van der Waals surface area contributed by atoms with E-state index in [9.17, 15) is 9.18 Å². The van der Waals surface area contributed by atoms with Gasteiger partial charge in [-0.2, -0.15) is 0 Å². The molecule has 5 nitrogen and oxygen atoms in total. The van der Waals surface area contributed by atoms with Crippen molar-refractivity contribution < 1.29 is 9.18 Å². The zero-order valence-electron chi connectivity index (χ0n) is 10.4. The average Bonchev–Trinajstić information content (AvgIpc) is 2.41. The number of nitrogens with two attached hydrogens (primary N) is 1. The van der Waals surface area contributed by atoms with Gasteiger partial charge in [0, 0.05) is 12.6 Å². The molecular formula is C13H13FN4O. The second-order valence-electron chi connectivity index (χ2n) is 4.03. The van der Waals surface area contributed by atoms with Gasteiger partial charge in [-0.15, -0.1) is 0 Å². The zero-order chi connectivity index (χ0) is 13.8. The number of aromatic nitrogens is 2. The highest BCUT2D eigenvalue weighted by Gasteiger charge is 2.11. The molecule has 2 rings (SSSR count). The number of nitrogens with zero attached hydrogens (tertiary/aromatic N) is 2. The Morgan fingerprint density at radius 2 is 2.16 bits per heavy atom. The number of rotatable bonds is 3. The van der Waals surface area contributed by atoms with Gasteiger partial charge in [-0.3, -0.25) is 10.2 Å². The molecule has 6 heteroatoms. The molecule has 0 unspecified atom stereocenters. The molecule has 0 saturated carbocycles. The minimum atomic E-state index is -0.449. The second-order valence-corrected chi connectivity index (χ2v) is 4.03. The molecule has 1 aromatic heterocycles. The Morgan fingerprint density at radius 3 is 2.79 bits per heavy atom. The normalized spacial score (nSPS) is 10.3. The number of hydrogen-bond donors (Lipinski definition) is 2. The van der Waals surface area contributed by atoms with Gasteiger partial charge in [-0.25, -0.2) is 20.2 Å². The molecule has 0 spiro atoms. The number of benzene rings is 1. The average molecular weight is 260 g/mol. The van der Waals surface area contributed by atoms with Crippen molar-refractivity contribution in [3.8, 4) is 0 Å². The van der Waals surface area contributed by atoms with Gasteiger partial charge in [0.2, 0.25) is 0 Å². The lowest BCUT2D eigenvalue weighted by molar-refractivity contribution is 0.0952. The maximum Gasteiger partial charge on any atom is 0.268 e. The number of carbonyl (C=O) groups is 1.